The molecule has 0 radical (unpaired) electrons. The number of nitrogens with two attached hydrogens (primary N) is 3. The minimum Gasteiger partial charge on any atom is -0.481 e. The molecule has 362 valence electrons. The van der Waals surface area contributed by atoms with E-state index >= 15 is 0 Å². The molecule has 1 aromatic heterocycles. The maximum atomic E-state index is 13.7. The topological polar surface area (TPSA) is 457 Å². The van der Waals surface area contributed by atoms with Crippen molar-refractivity contribution >= 4 is 76.1 Å². The van der Waals surface area contributed by atoms with Crippen LogP contribution in [0.2, 0.25) is 0 Å². The normalized spacial score (nSPS) is 16.0. The van der Waals surface area contributed by atoms with Crippen LogP contribution in [0.25, 0.3) is 10.9 Å². The maximum Gasteiger partial charge on any atom is 0.326 e. The van der Waals surface area contributed by atoms with Gasteiger partial charge >= 0.3 is 11.9 Å². The first-order valence-electron chi connectivity index (χ1n) is 20.7. The number of amides is 8. The summed E-state index contributed by atoms with van der Waals surface area (Å²) in [5.41, 5.74) is 18.3. The Morgan fingerprint density at radius 3 is 2.02 bits per heavy atom. The van der Waals surface area contributed by atoms with Crippen LogP contribution in [0.3, 0.4) is 0 Å². The Morgan fingerprint density at radius 1 is 0.788 bits per heavy atom. The summed E-state index contributed by atoms with van der Waals surface area (Å²) in [7, 11) is 0. The van der Waals surface area contributed by atoms with Gasteiger partial charge in [0.2, 0.25) is 47.3 Å². The molecule has 1 aliphatic heterocycles. The number of carbonyl (C=O) groups excluding carboxylic acids is 8. The van der Waals surface area contributed by atoms with Gasteiger partial charge in [0.05, 0.1) is 32.2 Å². The largest absolute Gasteiger partial charge is 0.481 e. The van der Waals surface area contributed by atoms with Crippen molar-refractivity contribution in [2.24, 2.45) is 17.2 Å². The molecule has 3 rings (SSSR count). The Balaban J connectivity index is 1.57. The lowest BCUT2D eigenvalue weighted by Crippen LogP contribution is -2.59. The van der Waals surface area contributed by atoms with Crippen molar-refractivity contribution in [3.63, 3.8) is 0 Å². The summed E-state index contributed by atoms with van der Waals surface area (Å²) < 4.78 is 0. The number of carboxylic acids is 2. The molecular weight excluding hydrogens is 875 g/mol. The lowest BCUT2D eigenvalue weighted by Gasteiger charge is -2.29. The fourth-order valence-electron chi connectivity index (χ4n) is 6.87. The number of carbonyl (C=O) groups is 10. The third-order valence-corrected chi connectivity index (χ3v) is 10.3. The van der Waals surface area contributed by atoms with Crippen LogP contribution in [0.5, 0.6) is 0 Å². The number of likely N-dealkylation sites (tertiary alicyclic amines) is 1. The molecule has 1 aromatic carbocycles. The molecule has 1 fully saturated rings. The number of aromatic nitrogens is 1. The number of aliphatic hydroxyl groups is 2. The number of primary amides is 1. The van der Waals surface area contributed by atoms with Gasteiger partial charge in [-0.05, 0) is 50.2 Å². The molecule has 0 saturated carbocycles. The summed E-state index contributed by atoms with van der Waals surface area (Å²) in [5.74, 6) is -11.1. The third kappa shape index (κ3) is 16.3. The van der Waals surface area contributed by atoms with Crippen molar-refractivity contribution in [1.82, 2.24) is 47.1 Å². The monoisotopic (exact) mass is 931 g/mol. The van der Waals surface area contributed by atoms with Crippen LogP contribution in [0.1, 0.15) is 50.5 Å². The van der Waals surface area contributed by atoms with Crippen LogP contribution in [0.15, 0.2) is 30.5 Å². The van der Waals surface area contributed by atoms with E-state index in [-0.39, 0.29) is 44.7 Å². The highest BCUT2D eigenvalue weighted by molar-refractivity contribution is 5.98. The highest BCUT2D eigenvalue weighted by atomic mass is 16.4. The molecule has 1 saturated heterocycles. The average molecular weight is 932 g/mol. The van der Waals surface area contributed by atoms with Crippen LogP contribution < -0.4 is 54.4 Å². The van der Waals surface area contributed by atoms with Gasteiger partial charge in [-0.2, -0.15) is 0 Å². The summed E-state index contributed by atoms with van der Waals surface area (Å²) in [4.78, 5) is 131. The molecule has 2 aromatic rings. The highest BCUT2D eigenvalue weighted by Gasteiger charge is 2.39. The number of H-pyrrole nitrogens is 1. The van der Waals surface area contributed by atoms with E-state index in [1.807, 2.05) is 24.3 Å². The van der Waals surface area contributed by atoms with Gasteiger partial charge in [-0.25, -0.2) is 4.79 Å². The summed E-state index contributed by atoms with van der Waals surface area (Å²) in [6.45, 7) is -2.83. The van der Waals surface area contributed by atoms with Crippen molar-refractivity contribution < 1.29 is 68.4 Å². The number of nitrogens with one attached hydrogen (secondary N) is 9. The Kier molecular flexibility index (Phi) is 20.7. The zero-order valence-electron chi connectivity index (χ0n) is 35.7. The predicted octanol–water partition coefficient (Wildman–Crippen LogP) is -6.36. The molecule has 0 aliphatic carbocycles. The summed E-state index contributed by atoms with van der Waals surface area (Å²) in [5, 5.41) is 62.3. The minimum absolute atomic E-state index is 0.0386. The number of benzene rings is 1. The van der Waals surface area contributed by atoms with Crippen LogP contribution in [0, 0.1) is 5.41 Å². The number of para-hydroxylation sites is 1. The second-order valence-electron chi connectivity index (χ2n) is 15.2. The quantitative estimate of drug-likeness (QED) is 0.0225. The van der Waals surface area contributed by atoms with Gasteiger partial charge in [-0.3, -0.25) is 48.6 Å². The SMILES string of the molecule is N=C(N)NCCC[C@H](NC(=O)[C@H](CCC(=O)O)NC(=O)[C@H](CO)NC(=O)[C@H](CO)NC(=O)CNC(=O)[C@@H]1CCCN1C(=O)[C@H](CC(N)=O)NC(=O)[C@@H](N)Cc1c[nH]c2ccccc12)C(=O)O. The molecule has 27 nitrogen and oxygen atoms in total. The fourth-order valence-corrected chi connectivity index (χ4v) is 6.87. The first kappa shape index (κ1) is 53.0. The number of nitrogens with zero attached hydrogens (tertiary/aromatic N) is 1. The van der Waals surface area contributed by atoms with E-state index in [1.165, 1.54) is 0 Å². The zero-order valence-corrected chi connectivity index (χ0v) is 35.7. The lowest BCUT2D eigenvalue weighted by atomic mass is 10.0. The number of aromatic amines is 1. The highest BCUT2D eigenvalue weighted by Crippen LogP contribution is 2.21. The maximum absolute atomic E-state index is 13.7. The third-order valence-electron chi connectivity index (χ3n) is 10.3. The Labute approximate surface area is 376 Å². The van der Waals surface area contributed by atoms with E-state index in [9.17, 15) is 63.3 Å². The minimum atomic E-state index is -1.85. The second kappa shape index (κ2) is 25.8. The first-order valence-corrected chi connectivity index (χ1v) is 20.7. The number of carboxylic acid groups (broad SMARTS) is 2. The molecule has 7 atom stereocenters. The molecule has 19 N–H and O–H groups in total. The predicted molar refractivity (Wildman–Crippen MR) is 229 cm³/mol. The summed E-state index contributed by atoms with van der Waals surface area (Å²) >= 11 is 0. The van der Waals surface area contributed by atoms with E-state index < -0.39 is 141 Å². The molecular formula is C39H57N13O14. The molecule has 0 bridgehead atoms. The van der Waals surface area contributed by atoms with Gasteiger partial charge in [0.15, 0.2) is 5.96 Å². The number of hydrogen-bond donors (Lipinski definition) is 16. The van der Waals surface area contributed by atoms with Crippen LogP contribution in [-0.4, -0.2) is 171 Å². The van der Waals surface area contributed by atoms with Crippen molar-refractivity contribution in [1.29, 1.82) is 5.41 Å². The van der Waals surface area contributed by atoms with Crippen LogP contribution in [-0.2, 0) is 54.4 Å². The molecule has 0 spiro atoms. The fraction of sp³-hybridized carbons (Fsp3) is 0.513. The first-order chi connectivity index (χ1) is 31.2. The number of aliphatic carboxylic acids is 2. The number of aliphatic hydroxyl groups excluding tert-OH is 2. The lowest BCUT2D eigenvalue weighted by molar-refractivity contribution is -0.143. The van der Waals surface area contributed by atoms with Gasteiger partial charge < -0.3 is 84.7 Å². The molecule has 8 amide bonds. The number of guanidine groups is 1. The molecule has 1 aliphatic rings. The summed E-state index contributed by atoms with van der Waals surface area (Å²) in [6.07, 6.45) is 0.383. The van der Waals surface area contributed by atoms with E-state index in [0.717, 1.165) is 21.4 Å². The number of rotatable bonds is 27. The van der Waals surface area contributed by atoms with Crippen molar-refractivity contribution in [2.45, 2.75) is 93.7 Å². The molecule has 0 unspecified atom stereocenters. The number of hydrogen-bond acceptors (Lipinski definition) is 14. The second-order valence-corrected chi connectivity index (χ2v) is 15.2. The van der Waals surface area contributed by atoms with Gasteiger partial charge in [-0.1, -0.05) is 18.2 Å². The van der Waals surface area contributed by atoms with E-state index in [0.29, 0.717) is 6.42 Å². The zero-order chi connectivity index (χ0) is 49.1. The van der Waals surface area contributed by atoms with E-state index in [2.05, 4.69) is 42.2 Å². The van der Waals surface area contributed by atoms with Crippen molar-refractivity contribution in [3.05, 3.63) is 36.0 Å². The van der Waals surface area contributed by atoms with Crippen molar-refractivity contribution in [3.8, 4) is 0 Å². The molecule has 66 heavy (non-hydrogen) atoms. The standard InChI is InChI=1S/C39H57N13O14/c40-21(13-19-15-45-22-6-2-1-5-20(19)22)32(59)50-25(14-29(41)55)37(64)52-12-4-8-28(52)36(63)46-16-30(56)47-26(17-53)34(61)51-27(18-54)35(62)48-23(9-10-31(57)58)33(60)49-24(38(65)66)7-3-11-44-39(42)43/h1-2,5-6,15,21,23-28,45,53-54H,3-4,7-14,16-18,40H2,(H2,41,55)(H,46,63)(H,47,56)(H,48,62)(H,49,60)(H,50,59)(H,51,61)(H,57,58)(H,65,66)(H4,42,43,44)/t21-,23-,24-,25-,26-,27-,28-/m0/s1. The van der Waals surface area contributed by atoms with E-state index in [4.69, 9.17) is 27.7 Å². The summed E-state index contributed by atoms with van der Waals surface area (Å²) in [6, 6.07) is -3.25. The Morgan fingerprint density at radius 2 is 1.39 bits per heavy atom. The van der Waals surface area contributed by atoms with Crippen LogP contribution in [0.4, 0.5) is 0 Å². The Bertz CT molecular complexity index is 2120. The van der Waals surface area contributed by atoms with Gasteiger partial charge in [0.1, 0.15) is 36.3 Å². The van der Waals surface area contributed by atoms with E-state index in [1.54, 1.807) is 6.20 Å². The van der Waals surface area contributed by atoms with Gasteiger partial charge in [0.25, 0.3) is 0 Å². The molecule has 27 heteroatoms. The number of fused-ring (bicyclic) bond motifs is 1. The van der Waals surface area contributed by atoms with Gasteiger partial charge in [-0.15, -0.1) is 0 Å². The average Bonchev–Trinajstić information content (AvgIpc) is 3.93. The Hall–Kier alpha value is -7.39. The van der Waals surface area contributed by atoms with Gasteiger partial charge in [0, 0.05) is 36.6 Å². The smallest absolute Gasteiger partial charge is 0.326 e. The van der Waals surface area contributed by atoms with Crippen molar-refractivity contribution in [2.75, 3.05) is 32.8 Å². The van der Waals surface area contributed by atoms with Crippen LogP contribution >= 0.6 is 0 Å². The molecule has 2 heterocycles.